The molecule has 0 radical (unpaired) electrons. The van der Waals surface area contributed by atoms with Crippen molar-refractivity contribution in [1.29, 1.82) is 0 Å². The summed E-state index contributed by atoms with van der Waals surface area (Å²) < 4.78 is 5.09. The lowest BCUT2D eigenvalue weighted by Crippen LogP contribution is -2.34. The van der Waals surface area contributed by atoms with Crippen LogP contribution in [0.25, 0.3) is 6.08 Å². The van der Waals surface area contributed by atoms with Crippen LogP contribution in [0, 0.1) is 0 Å². The van der Waals surface area contributed by atoms with Gasteiger partial charge in [0.25, 0.3) is 0 Å². The first kappa shape index (κ1) is 13.7. The van der Waals surface area contributed by atoms with Crippen LogP contribution in [0.4, 0.5) is 0 Å². The van der Waals surface area contributed by atoms with Gasteiger partial charge >= 0.3 is 0 Å². The Bertz CT molecular complexity index is 431. The monoisotopic (exact) mass is 259 g/mol. The van der Waals surface area contributed by atoms with Gasteiger partial charge in [0.2, 0.25) is 5.91 Å². The van der Waals surface area contributed by atoms with Crippen molar-refractivity contribution in [3.05, 3.63) is 35.9 Å². The number of hydrogen-bond acceptors (Lipinski definition) is 2. The highest BCUT2D eigenvalue weighted by Gasteiger charge is 2.13. The highest BCUT2D eigenvalue weighted by molar-refractivity contribution is 5.91. The van der Waals surface area contributed by atoms with E-state index in [1.165, 1.54) is 19.3 Å². The van der Waals surface area contributed by atoms with Crippen LogP contribution in [0.15, 0.2) is 30.3 Å². The van der Waals surface area contributed by atoms with Gasteiger partial charge in [0.1, 0.15) is 5.75 Å². The van der Waals surface area contributed by atoms with Gasteiger partial charge in [-0.2, -0.15) is 0 Å². The molecule has 1 fully saturated rings. The Labute approximate surface area is 114 Å². The van der Waals surface area contributed by atoms with Crippen molar-refractivity contribution >= 4 is 12.0 Å². The normalized spacial score (nSPS) is 16.5. The third-order valence-corrected chi connectivity index (χ3v) is 3.49. The Balaban J connectivity index is 1.84. The molecule has 1 aliphatic rings. The number of nitrogens with one attached hydrogen (secondary N) is 1. The molecule has 102 valence electrons. The number of amides is 1. The second kappa shape index (κ2) is 6.98. The second-order valence-electron chi connectivity index (χ2n) is 4.95. The van der Waals surface area contributed by atoms with Gasteiger partial charge in [0.05, 0.1) is 7.11 Å². The largest absolute Gasteiger partial charge is 0.497 e. The topological polar surface area (TPSA) is 38.3 Å². The number of methoxy groups -OCH3 is 1. The molecule has 1 aromatic carbocycles. The SMILES string of the molecule is COc1ccc(/C=C/C(=O)NC2CCCCC2)cc1. The quantitative estimate of drug-likeness (QED) is 0.843. The Morgan fingerprint density at radius 1 is 1.21 bits per heavy atom. The first-order valence-electron chi connectivity index (χ1n) is 6.90. The van der Waals surface area contributed by atoms with E-state index in [1.54, 1.807) is 13.2 Å². The average molecular weight is 259 g/mol. The summed E-state index contributed by atoms with van der Waals surface area (Å²) in [5, 5.41) is 3.06. The summed E-state index contributed by atoms with van der Waals surface area (Å²) in [6.45, 7) is 0. The van der Waals surface area contributed by atoms with E-state index in [0.29, 0.717) is 6.04 Å². The minimum absolute atomic E-state index is 0.00252. The molecule has 2 rings (SSSR count). The van der Waals surface area contributed by atoms with Gasteiger partial charge < -0.3 is 10.1 Å². The molecule has 0 unspecified atom stereocenters. The Morgan fingerprint density at radius 3 is 2.53 bits per heavy atom. The lowest BCUT2D eigenvalue weighted by Gasteiger charge is -2.21. The Hall–Kier alpha value is -1.77. The van der Waals surface area contributed by atoms with E-state index in [1.807, 2.05) is 30.3 Å². The summed E-state index contributed by atoms with van der Waals surface area (Å²) in [6, 6.07) is 8.01. The molecular weight excluding hydrogens is 238 g/mol. The summed E-state index contributed by atoms with van der Waals surface area (Å²) in [7, 11) is 1.64. The lowest BCUT2D eigenvalue weighted by atomic mass is 9.95. The molecule has 1 aromatic rings. The molecule has 3 nitrogen and oxygen atoms in total. The number of ether oxygens (including phenoxy) is 1. The molecule has 1 aliphatic carbocycles. The van der Waals surface area contributed by atoms with Crippen LogP contribution in [-0.2, 0) is 4.79 Å². The highest BCUT2D eigenvalue weighted by Crippen LogP contribution is 2.17. The molecule has 0 aliphatic heterocycles. The summed E-state index contributed by atoms with van der Waals surface area (Å²) >= 11 is 0. The number of hydrogen-bond donors (Lipinski definition) is 1. The predicted molar refractivity (Wildman–Crippen MR) is 77.0 cm³/mol. The van der Waals surface area contributed by atoms with E-state index in [0.717, 1.165) is 24.2 Å². The fourth-order valence-electron chi connectivity index (χ4n) is 2.38. The molecule has 0 bridgehead atoms. The Morgan fingerprint density at radius 2 is 1.89 bits per heavy atom. The summed E-state index contributed by atoms with van der Waals surface area (Å²) in [5.41, 5.74) is 1.000. The molecule has 3 heteroatoms. The standard InChI is InChI=1S/C16H21NO2/c1-19-15-10-7-13(8-11-15)9-12-16(18)17-14-5-3-2-4-6-14/h7-12,14H,2-6H2,1H3,(H,17,18)/b12-9+. The van der Waals surface area contributed by atoms with E-state index in [4.69, 9.17) is 4.74 Å². The number of carbonyl (C=O) groups excluding carboxylic acids is 1. The molecule has 0 saturated heterocycles. The maximum Gasteiger partial charge on any atom is 0.244 e. The van der Waals surface area contributed by atoms with Gasteiger partial charge in [-0.3, -0.25) is 4.79 Å². The van der Waals surface area contributed by atoms with Gasteiger partial charge in [-0.1, -0.05) is 31.4 Å². The fraction of sp³-hybridized carbons (Fsp3) is 0.438. The third-order valence-electron chi connectivity index (χ3n) is 3.49. The molecular formula is C16H21NO2. The van der Waals surface area contributed by atoms with Crippen LogP contribution in [-0.4, -0.2) is 19.1 Å². The van der Waals surface area contributed by atoms with Crippen molar-refractivity contribution in [3.63, 3.8) is 0 Å². The lowest BCUT2D eigenvalue weighted by molar-refractivity contribution is -0.117. The van der Waals surface area contributed by atoms with E-state index in [2.05, 4.69) is 5.32 Å². The number of rotatable bonds is 4. The van der Waals surface area contributed by atoms with Gasteiger partial charge in [-0.15, -0.1) is 0 Å². The van der Waals surface area contributed by atoms with Crippen molar-refractivity contribution in [3.8, 4) is 5.75 Å². The van der Waals surface area contributed by atoms with E-state index < -0.39 is 0 Å². The van der Waals surface area contributed by atoms with Crippen molar-refractivity contribution < 1.29 is 9.53 Å². The van der Waals surface area contributed by atoms with Crippen LogP contribution < -0.4 is 10.1 Å². The van der Waals surface area contributed by atoms with Crippen molar-refractivity contribution in [2.45, 2.75) is 38.1 Å². The van der Waals surface area contributed by atoms with Gasteiger partial charge in [0, 0.05) is 12.1 Å². The molecule has 0 spiro atoms. The average Bonchev–Trinajstić information content (AvgIpc) is 2.47. The first-order valence-corrected chi connectivity index (χ1v) is 6.90. The van der Waals surface area contributed by atoms with Crippen LogP contribution in [0.5, 0.6) is 5.75 Å². The zero-order valence-electron chi connectivity index (χ0n) is 11.4. The minimum Gasteiger partial charge on any atom is -0.497 e. The van der Waals surface area contributed by atoms with Crippen LogP contribution >= 0.6 is 0 Å². The van der Waals surface area contributed by atoms with Crippen LogP contribution in [0.1, 0.15) is 37.7 Å². The highest BCUT2D eigenvalue weighted by atomic mass is 16.5. The van der Waals surface area contributed by atoms with E-state index in [9.17, 15) is 4.79 Å². The van der Waals surface area contributed by atoms with E-state index >= 15 is 0 Å². The molecule has 1 N–H and O–H groups in total. The van der Waals surface area contributed by atoms with Gasteiger partial charge in [-0.05, 0) is 36.6 Å². The van der Waals surface area contributed by atoms with Gasteiger partial charge in [0.15, 0.2) is 0 Å². The maximum absolute atomic E-state index is 11.8. The van der Waals surface area contributed by atoms with Gasteiger partial charge in [-0.25, -0.2) is 0 Å². The second-order valence-corrected chi connectivity index (χ2v) is 4.95. The first-order chi connectivity index (χ1) is 9.28. The van der Waals surface area contributed by atoms with Crippen molar-refractivity contribution in [2.24, 2.45) is 0 Å². The van der Waals surface area contributed by atoms with Crippen molar-refractivity contribution in [1.82, 2.24) is 5.32 Å². The number of benzene rings is 1. The Kier molecular flexibility index (Phi) is 5.01. The summed E-state index contributed by atoms with van der Waals surface area (Å²) in [6.07, 6.45) is 9.42. The van der Waals surface area contributed by atoms with Crippen LogP contribution in [0.3, 0.4) is 0 Å². The molecule has 0 atom stereocenters. The van der Waals surface area contributed by atoms with E-state index in [-0.39, 0.29) is 5.91 Å². The summed E-state index contributed by atoms with van der Waals surface area (Å²) in [4.78, 5) is 11.8. The van der Waals surface area contributed by atoms with Crippen molar-refractivity contribution in [2.75, 3.05) is 7.11 Å². The maximum atomic E-state index is 11.8. The number of carbonyl (C=O) groups is 1. The molecule has 0 aromatic heterocycles. The summed E-state index contributed by atoms with van der Waals surface area (Å²) in [5.74, 6) is 0.825. The van der Waals surface area contributed by atoms with Crippen LogP contribution in [0.2, 0.25) is 0 Å². The molecule has 1 amide bonds. The smallest absolute Gasteiger partial charge is 0.244 e. The zero-order chi connectivity index (χ0) is 13.5. The fourth-order valence-corrected chi connectivity index (χ4v) is 2.38. The minimum atomic E-state index is 0.00252. The molecule has 0 heterocycles. The predicted octanol–water partition coefficient (Wildman–Crippen LogP) is 3.16. The molecule has 1 saturated carbocycles. The molecule has 19 heavy (non-hydrogen) atoms. The zero-order valence-corrected chi connectivity index (χ0v) is 11.4. The third kappa shape index (κ3) is 4.43.